The molecule has 1 N–H and O–H groups in total. The number of hydrogen-bond donors (Lipinski definition) is 1. The van der Waals surface area contributed by atoms with Gasteiger partial charge in [0, 0.05) is 25.9 Å². The van der Waals surface area contributed by atoms with E-state index in [-0.39, 0.29) is 30.7 Å². The average molecular weight is 302 g/mol. The maximum absolute atomic E-state index is 12.1. The molecule has 1 aliphatic heterocycles. The Kier molecular flexibility index (Phi) is 4.73. The number of carbonyl (C=O) groups excluding carboxylic acids is 2. The summed E-state index contributed by atoms with van der Waals surface area (Å²) in [4.78, 5) is 25.9. The van der Waals surface area contributed by atoms with Gasteiger partial charge in [-0.3, -0.25) is 9.59 Å². The lowest BCUT2D eigenvalue weighted by atomic mass is 10.1. The number of carbonyl (C=O) groups is 2. The van der Waals surface area contributed by atoms with Crippen LogP contribution in [0, 0.1) is 0 Å². The molecule has 0 saturated carbocycles. The third-order valence-electron chi connectivity index (χ3n) is 4.40. The van der Waals surface area contributed by atoms with Crippen LogP contribution in [0.3, 0.4) is 0 Å². The van der Waals surface area contributed by atoms with Crippen molar-refractivity contribution in [1.29, 1.82) is 0 Å². The normalized spacial score (nSPS) is 20.5. The van der Waals surface area contributed by atoms with Crippen LogP contribution in [0.25, 0.3) is 0 Å². The van der Waals surface area contributed by atoms with Crippen LogP contribution >= 0.6 is 0 Å². The van der Waals surface area contributed by atoms with Gasteiger partial charge in [-0.05, 0) is 24.0 Å². The fourth-order valence-corrected chi connectivity index (χ4v) is 3.16. The number of amides is 2. The lowest BCUT2D eigenvalue weighted by Gasteiger charge is -2.26. The highest BCUT2D eigenvalue weighted by molar-refractivity contribution is 5.84. The molecule has 0 aromatic heterocycles. The molecule has 118 valence electrons. The van der Waals surface area contributed by atoms with Crippen LogP contribution in [0.2, 0.25) is 0 Å². The number of morpholine rings is 1. The molecule has 3 rings (SSSR count). The molecule has 1 aromatic carbocycles. The van der Waals surface area contributed by atoms with Gasteiger partial charge in [0.1, 0.15) is 0 Å². The Labute approximate surface area is 130 Å². The molecule has 5 heteroatoms. The Bertz CT molecular complexity index is 553. The quantitative estimate of drug-likeness (QED) is 0.915. The lowest BCUT2D eigenvalue weighted by Crippen LogP contribution is -2.41. The summed E-state index contributed by atoms with van der Waals surface area (Å²) < 4.78 is 5.22. The number of fused-ring (bicyclic) bond motifs is 1. The molecule has 2 amide bonds. The molecule has 1 aromatic rings. The van der Waals surface area contributed by atoms with Crippen LogP contribution in [0.5, 0.6) is 0 Å². The van der Waals surface area contributed by atoms with E-state index in [4.69, 9.17) is 4.74 Å². The smallest absolute Gasteiger partial charge is 0.223 e. The van der Waals surface area contributed by atoms with Gasteiger partial charge in [0.25, 0.3) is 0 Å². The van der Waals surface area contributed by atoms with Crippen molar-refractivity contribution < 1.29 is 14.3 Å². The van der Waals surface area contributed by atoms with Gasteiger partial charge in [0.15, 0.2) is 0 Å². The minimum absolute atomic E-state index is 0.0386. The first kappa shape index (κ1) is 15.0. The average Bonchev–Trinajstić information content (AvgIpc) is 2.97. The van der Waals surface area contributed by atoms with Gasteiger partial charge in [-0.1, -0.05) is 24.3 Å². The Balaban J connectivity index is 1.46. The monoisotopic (exact) mass is 302 g/mol. The Hall–Kier alpha value is -1.88. The topological polar surface area (TPSA) is 58.6 Å². The zero-order valence-corrected chi connectivity index (χ0v) is 12.7. The summed E-state index contributed by atoms with van der Waals surface area (Å²) in [5, 5.41) is 3.06. The molecule has 0 unspecified atom stereocenters. The molecule has 1 aliphatic carbocycles. The van der Waals surface area contributed by atoms with E-state index in [1.807, 2.05) is 12.1 Å². The molecular weight excluding hydrogens is 280 g/mol. The Morgan fingerprint density at radius 2 is 1.95 bits per heavy atom. The van der Waals surface area contributed by atoms with E-state index in [0.29, 0.717) is 26.3 Å². The summed E-state index contributed by atoms with van der Waals surface area (Å²) in [6, 6.07) is 8.33. The summed E-state index contributed by atoms with van der Waals surface area (Å²) in [6.07, 6.45) is 2.49. The minimum Gasteiger partial charge on any atom is -0.378 e. The van der Waals surface area contributed by atoms with Crippen LogP contribution < -0.4 is 5.32 Å². The zero-order chi connectivity index (χ0) is 15.4. The van der Waals surface area contributed by atoms with Crippen LogP contribution in [-0.2, 0) is 20.7 Å². The van der Waals surface area contributed by atoms with Crippen LogP contribution in [0.15, 0.2) is 24.3 Å². The molecule has 5 nitrogen and oxygen atoms in total. The predicted molar refractivity (Wildman–Crippen MR) is 82.3 cm³/mol. The molecule has 0 radical (unpaired) electrons. The molecule has 2 aliphatic rings. The largest absolute Gasteiger partial charge is 0.378 e. The molecule has 1 saturated heterocycles. The van der Waals surface area contributed by atoms with E-state index in [1.165, 1.54) is 11.1 Å². The number of aryl methyl sites for hydroxylation is 1. The molecule has 1 atom stereocenters. The van der Waals surface area contributed by atoms with Gasteiger partial charge in [-0.2, -0.15) is 0 Å². The lowest BCUT2D eigenvalue weighted by molar-refractivity contribution is -0.137. The molecule has 1 fully saturated rings. The van der Waals surface area contributed by atoms with Gasteiger partial charge in [-0.15, -0.1) is 0 Å². The van der Waals surface area contributed by atoms with E-state index in [1.54, 1.807) is 4.90 Å². The van der Waals surface area contributed by atoms with Crippen molar-refractivity contribution >= 4 is 11.8 Å². The number of benzene rings is 1. The van der Waals surface area contributed by atoms with E-state index in [2.05, 4.69) is 17.4 Å². The summed E-state index contributed by atoms with van der Waals surface area (Å²) in [7, 11) is 0. The first-order valence-corrected chi connectivity index (χ1v) is 7.97. The second-order valence-electron chi connectivity index (χ2n) is 5.85. The Morgan fingerprint density at radius 1 is 1.18 bits per heavy atom. The molecule has 0 bridgehead atoms. The fourth-order valence-electron chi connectivity index (χ4n) is 3.16. The van der Waals surface area contributed by atoms with Crippen molar-refractivity contribution in [1.82, 2.24) is 10.2 Å². The summed E-state index contributed by atoms with van der Waals surface area (Å²) in [5.74, 6) is 0.00795. The third kappa shape index (κ3) is 3.47. The van der Waals surface area contributed by atoms with Crippen molar-refractivity contribution in [3.63, 3.8) is 0 Å². The maximum Gasteiger partial charge on any atom is 0.223 e. The molecular formula is C17H22N2O3. The van der Waals surface area contributed by atoms with E-state index >= 15 is 0 Å². The van der Waals surface area contributed by atoms with Crippen molar-refractivity contribution in [2.24, 2.45) is 0 Å². The van der Waals surface area contributed by atoms with Crippen molar-refractivity contribution in [3.05, 3.63) is 35.4 Å². The standard InChI is InChI=1S/C17H22N2O3/c20-16(7-8-17(21)19-9-11-22-12-10-19)18-15-6-5-13-3-1-2-4-14(13)15/h1-4,15H,5-12H2,(H,18,20)/t15-/m1/s1. The second-order valence-corrected chi connectivity index (χ2v) is 5.85. The van der Waals surface area contributed by atoms with Gasteiger partial charge in [0.05, 0.1) is 19.3 Å². The van der Waals surface area contributed by atoms with E-state index in [0.717, 1.165) is 12.8 Å². The summed E-state index contributed by atoms with van der Waals surface area (Å²) in [5.41, 5.74) is 2.53. The number of hydrogen-bond acceptors (Lipinski definition) is 3. The third-order valence-corrected chi connectivity index (χ3v) is 4.40. The number of rotatable bonds is 4. The SMILES string of the molecule is O=C(CCC(=O)N1CCOCC1)N[C@@H]1CCc2ccccc21. The van der Waals surface area contributed by atoms with Gasteiger partial charge >= 0.3 is 0 Å². The zero-order valence-electron chi connectivity index (χ0n) is 12.7. The first-order valence-electron chi connectivity index (χ1n) is 7.97. The van der Waals surface area contributed by atoms with Crippen molar-refractivity contribution in [2.45, 2.75) is 31.7 Å². The second kappa shape index (κ2) is 6.92. The van der Waals surface area contributed by atoms with E-state index in [9.17, 15) is 9.59 Å². The molecule has 1 heterocycles. The number of nitrogens with zero attached hydrogens (tertiary/aromatic N) is 1. The molecule has 0 spiro atoms. The van der Waals surface area contributed by atoms with Gasteiger partial charge in [-0.25, -0.2) is 0 Å². The highest BCUT2D eigenvalue weighted by Gasteiger charge is 2.24. The number of ether oxygens (including phenoxy) is 1. The fraction of sp³-hybridized carbons (Fsp3) is 0.529. The van der Waals surface area contributed by atoms with Crippen LogP contribution in [-0.4, -0.2) is 43.0 Å². The number of nitrogens with one attached hydrogen (secondary N) is 1. The summed E-state index contributed by atoms with van der Waals surface area (Å²) >= 11 is 0. The van der Waals surface area contributed by atoms with Crippen LogP contribution in [0.1, 0.15) is 36.4 Å². The highest BCUT2D eigenvalue weighted by atomic mass is 16.5. The van der Waals surface area contributed by atoms with Gasteiger partial charge in [0.2, 0.25) is 11.8 Å². The van der Waals surface area contributed by atoms with E-state index < -0.39 is 0 Å². The predicted octanol–water partition coefficient (Wildman–Crippen LogP) is 1.43. The summed E-state index contributed by atoms with van der Waals surface area (Å²) in [6.45, 7) is 2.46. The highest BCUT2D eigenvalue weighted by Crippen LogP contribution is 2.30. The minimum atomic E-state index is -0.0386. The first-order chi connectivity index (χ1) is 10.7. The molecule has 22 heavy (non-hydrogen) atoms. The van der Waals surface area contributed by atoms with Gasteiger partial charge < -0.3 is 15.0 Å². The van der Waals surface area contributed by atoms with Crippen LogP contribution in [0.4, 0.5) is 0 Å². The maximum atomic E-state index is 12.1. The van der Waals surface area contributed by atoms with Crippen molar-refractivity contribution in [3.8, 4) is 0 Å². The van der Waals surface area contributed by atoms with Crippen molar-refractivity contribution in [2.75, 3.05) is 26.3 Å². The Morgan fingerprint density at radius 3 is 2.77 bits per heavy atom.